The highest BCUT2D eigenvalue weighted by Crippen LogP contribution is 2.27. The van der Waals surface area contributed by atoms with Crippen molar-refractivity contribution in [3.05, 3.63) is 95.0 Å². The molecule has 0 saturated heterocycles. The number of pyridine rings is 1. The number of fused-ring (bicyclic) bond motifs is 1. The van der Waals surface area contributed by atoms with Gasteiger partial charge in [-0.1, -0.05) is 17.3 Å². The van der Waals surface area contributed by atoms with Gasteiger partial charge in [0, 0.05) is 39.1 Å². The molecular formula is C25H26N6O2. The first-order chi connectivity index (χ1) is 16.1. The van der Waals surface area contributed by atoms with Crippen LogP contribution in [0, 0.1) is 6.92 Å². The topological polar surface area (TPSA) is 80.3 Å². The summed E-state index contributed by atoms with van der Waals surface area (Å²) in [5.74, 6) is 0.549. The molecule has 0 fully saturated rings. The number of carbonyl (C=O) groups is 1. The van der Waals surface area contributed by atoms with Gasteiger partial charge in [0.25, 0.3) is 5.91 Å². The molecule has 4 aromatic rings. The molecule has 1 amide bonds. The van der Waals surface area contributed by atoms with Crippen molar-refractivity contribution in [3.63, 3.8) is 0 Å². The molecular weight excluding hydrogens is 416 g/mol. The minimum atomic E-state index is -0.177. The van der Waals surface area contributed by atoms with Gasteiger partial charge >= 0.3 is 0 Å². The molecule has 0 atom stereocenters. The molecule has 5 rings (SSSR count). The third-order valence-corrected chi connectivity index (χ3v) is 6.12. The molecule has 1 aliphatic heterocycles. The van der Waals surface area contributed by atoms with E-state index in [-0.39, 0.29) is 5.91 Å². The summed E-state index contributed by atoms with van der Waals surface area (Å²) in [6.07, 6.45) is 6.19. The Labute approximate surface area is 192 Å². The van der Waals surface area contributed by atoms with Crippen molar-refractivity contribution in [1.29, 1.82) is 0 Å². The third-order valence-electron chi connectivity index (χ3n) is 6.12. The zero-order valence-electron chi connectivity index (χ0n) is 18.8. The van der Waals surface area contributed by atoms with Crippen molar-refractivity contribution in [2.75, 3.05) is 13.6 Å². The summed E-state index contributed by atoms with van der Waals surface area (Å²) in [4.78, 5) is 21.1. The van der Waals surface area contributed by atoms with E-state index in [4.69, 9.17) is 4.42 Å². The Hall–Kier alpha value is -3.78. The summed E-state index contributed by atoms with van der Waals surface area (Å²) in [6, 6.07) is 14.1. The van der Waals surface area contributed by atoms with Crippen LogP contribution in [-0.2, 0) is 26.1 Å². The van der Waals surface area contributed by atoms with E-state index in [1.807, 2.05) is 31.5 Å². The second-order valence-electron chi connectivity index (χ2n) is 8.41. The van der Waals surface area contributed by atoms with E-state index in [0.717, 1.165) is 43.2 Å². The standard InChI is InChI=1S/C25H26N6O2/c1-18-24(25(32)29(2)17-21-6-4-14-33-21)27-28-31(18)23-7-3-5-20-16-30(13-10-22(20)23)15-19-8-11-26-12-9-19/h3-9,11-12,14H,10,13,15-17H2,1-2H3. The first-order valence-electron chi connectivity index (χ1n) is 11.0. The van der Waals surface area contributed by atoms with Crippen LogP contribution in [0.1, 0.15) is 38.6 Å². The average molecular weight is 443 g/mol. The molecule has 0 spiro atoms. The van der Waals surface area contributed by atoms with Gasteiger partial charge in [0.1, 0.15) is 5.76 Å². The first kappa shape index (κ1) is 21.1. The molecule has 1 aromatic carbocycles. The van der Waals surface area contributed by atoms with Crippen LogP contribution < -0.4 is 0 Å². The molecule has 4 heterocycles. The van der Waals surface area contributed by atoms with Gasteiger partial charge < -0.3 is 9.32 Å². The van der Waals surface area contributed by atoms with Crippen molar-refractivity contribution in [1.82, 2.24) is 29.8 Å². The van der Waals surface area contributed by atoms with E-state index in [2.05, 4.69) is 50.5 Å². The Balaban J connectivity index is 1.36. The molecule has 8 heteroatoms. The third kappa shape index (κ3) is 4.29. The van der Waals surface area contributed by atoms with Crippen molar-refractivity contribution in [2.45, 2.75) is 33.0 Å². The van der Waals surface area contributed by atoms with E-state index in [1.165, 1.54) is 16.7 Å². The Morgan fingerprint density at radius 3 is 2.79 bits per heavy atom. The molecule has 0 unspecified atom stereocenters. The maximum Gasteiger partial charge on any atom is 0.276 e. The Morgan fingerprint density at radius 2 is 2.00 bits per heavy atom. The average Bonchev–Trinajstić information content (AvgIpc) is 3.48. The Kier molecular flexibility index (Phi) is 5.75. The summed E-state index contributed by atoms with van der Waals surface area (Å²) >= 11 is 0. The number of nitrogens with zero attached hydrogens (tertiary/aromatic N) is 6. The van der Waals surface area contributed by atoms with Gasteiger partial charge in [0.15, 0.2) is 5.69 Å². The van der Waals surface area contributed by atoms with Gasteiger partial charge in [0.05, 0.1) is 24.2 Å². The zero-order valence-corrected chi connectivity index (χ0v) is 18.8. The van der Waals surface area contributed by atoms with Gasteiger partial charge in [-0.2, -0.15) is 0 Å². The monoisotopic (exact) mass is 442 g/mol. The number of hydrogen-bond donors (Lipinski definition) is 0. The van der Waals surface area contributed by atoms with Crippen LogP contribution in [0.15, 0.2) is 65.5 Å². The number of furan rings is 1. The number of hydrogen-bond acceptors (Lipinski definition) is 6. The second kappa shape index (κ2) is 8.99. The minimum Gasteiger partial charge on any atom is -0.467 e. The molecule has 3 aromatic heterocycles. The summed E-state index contributed by atoms with van der Waals surface area (Å²) in [5, 5.41) is 8.59. The smallest absolute Gasteiger partial charge is 0.276 e. The predicted octanol–water partition coefficient (Wildman–Crippen LogP) is 3.39. The normalized spacial score (nSPS) is 13.6. The van der Waals surface area contributed by atoms with Crippen molar-refractivity contribution < 1.29 is 9.21 Å². The highest BCUT2D eigenvalue weighted by atomic mass is 16.3. The van der Waals surface area contributed by atoms with Crippen molar-refractivity contribution >= 4 is 5.91 Å². The molecule has 0 bridgehead atoms. The van der Waals surface area contributed by atoms with Gasteiger partial charge in [-0.25, -0.2) is 4.68 Å². The number of carbonyl (C=O) groups excluding carboxylic acids is 1. The molecule has 0 saturated carbocycles. The van der Waals surface area contributed by atoms with Crippen LogP contribution in [0.4, 0.5) is 0 Å². The van der Waals surface area contributed by atoms with Crippen LogP contribution >= 0.6 is 0 Å². The van der Waals surface area contributed by atoms with E-state index in [1.54, 1.807) is 22.9 Å². The lowest BCUT2D eigenvalue weighted by Crippen LogP contribution is -2.31. The number of aromatic nitrogens is 4. The van der Waals surface area contributed by atoms with Crippen molar-refractivity contribution in [3.8, 4) is 5.69 Å². The van der Waals surface area contributed by atoms with Gasteiger partial charge in [0.2, 0.25) is 0 Å². The van der Waals surface area contributed by atoms with Gasteiger partial charge in [-0.05, 0) is 60.4 Å². The SMILES string of the molecule is Cc1c(C(=O)N(C)Cc2ccco2)nnn1-c1cccc2c1CCN(Cc1ccncc1)C2. The van der Waals surface area contributed by atoms with Crippen LogP contribution in [0.2, 0.25) is 0 Å². The molecule has 168 valence electrons. The second-order valence-corrected chi connectivity index (χ2v) is 8.41. The van der Waals surface area contributed by atoms with Crippen LogP contribution in [0.25, 0.3) is 5.69 Å². The number of benzene rings is 1. The summed E-state index contributed by atoms with van der Waals surface area (Å²) in [7, 11) is 1.74. The highest BCUT2D eigenvalue weighted by molar-refractivity contribution is 5.93. The first-order valence-corrected chi connectivity index (χ1v) is 11.0. The summed E-state index contributed by atoms with van der Waals surface area (Å²) in [5.41, 5.74) is 5.90. The maximum atomic E-state index is 13.0. The van der Waals surface area contributed by atoms with E-state index < -0.39 is 0 Å². The fraction of sp³-hybridized carbons (Fsp3) is 0.280. The highest BCUT2D eigenvalue weighted by Gasteiger charge is 2.25. The molecule has 0 N–H and O–H groups in total. The predicted molar refractivity (Wildman–Crippen MR) is 123 cm³/mol. The van der Waals surface area contributed by atoms with Crippen LogP contribution in [0.5, 0.6) is 0 Å². The Morgan fingerprint density at radius 1 is 1.15 bits per heavy atom. The largest absolute Gasteiger partial charge is 0.467 e. The number of rotatable bonds is 6. The van der Waals surface area contributed by atoms with Gasteiger partial charge in [-0.15, -0.1) is 5.10 Å². The van der Waals surface area contributed by atoms with Crippen LogP contribution in [0.3, 0.4) is 0 Å². The molecule has 8 nitrogen and oxygen atoms in total. The lowest BCUT2D eigenvalue weighted by Gasteiger charge is -2.30. The minimum absolute atomic E-state index is 0.177. The van der Waals surface area contributed by atoms with E-state index in [0.29, 0.717) is 12.2 Å². The fourth-order valence-electron chi connectivity index (χ4n) is 4.37. The molecule has 0 aliphatic carbocycles. The van der Waals surface area contributed by atoms with Crippen molar-refractivity contribution in [2.24, 2.45) is 0 Å². The Bertz CT molecular complexity index is 1250. The number of amides is 1. The fourth-order valence-corrected chi connectivity index (χ4v) is 4.37. The lowest BCUT2D eigenvalue weighted by molar-refractivity contribution is 0.0769. The quantitative estimate of drug-likeness (QED) is 0.455. The molecule has 1 aliphatic rings. The lowest BCUT2D eigenvalue weighted by atomic mass is 9.97. The summed E-state index contributed by atoms with van der Waals surface area (Å²) < 4.78 is 7.16. The van der Waals surface area contributed by atoms with Gasteiger partial charge in [-0.3, -0.25) is 14.7 Å². The molecule has 0 radical (unpaired) electrons. The van der Waals surface area contributed by atoms with E-state index in [9.17, 15) is 4.79 Å². The zero-order chi connectivity index (χ0) is 22.8. The van der Waals surface area contributed by atoms with Crippen LogP contribution in [-0.4, -0.2) is 49.3 Å². The molecule has 33 heavy (non-hydrogen) atoms. The van der Waals surface area contributed by atoms with E-state index >= 15 is 0 Å². The maximum absolute atomic E-state index is 13.0. The summed E-state index contributed by atoms with van der Waals surface area (Å²) in [6.45, 7) is 5.00.